The molecule has 1 aliphatic carbocycles. The highest BCUT2D eigenvalue weighted by atomic mass is 16.5. The number of aryl methyl sites for hydroxylation is 2. The normalized spacial score (nSPS) is 23.6. The number of nitrogens with zero attached hydrogens (tertiary/aromatic N) is 1. The summed E-state index contributed by atoms with van der Waals surface area (Å²) in [6.45, 7) is 8.79. The largest absolute Gasteiger partial charge is 0.493 e. The van der Waals surface area contributed by atoms with E-state index in [9.17, 15) is 14.4 Å². The van der Waals surface area contributed by atoms with Crippen LogP contribution in [0.25, 0.3) is 0 Å². The first-order valence-corrected chi connectivity index (χ1v) is 10.9. The summed E-state index contributed by atoms with van der Waals surface area (Å²) >= 11 is 0. The zero-order valence-corrected chi connectivity index (χ0v) is 18.5. The summed E-state index contributed by atoms with van der Waals surface area (Å²) in [5, 5.41) is 5.65. The van der Waals surface area contributed by atoms with Crippen LogP contribution in [0, 0.1) is 26.7 Å². The first-order valence-electron chi connectivity index (χ1n) is 10.9. The molecular weight excluding hydrogens is 382 g/mol. The molecule has 1 aromatic rings. The SMILES string of the molecule is Cc1cc(C)c(C)c(OCCCNC(=O)CN2C(=O)N[C@@]3(CCCC[C@H]3C)C2=O)c1. The van der Waals surface area contributed by atoms with Gasteiger partial charge in [0, 0.05) is 6.54 Å². The lowest BCUT2D eigenvalue weighted by Gasteiger charge is -2.36. The summed E-state index contributed by atoms with van der Waals surface area (Å²) in [7, 11) is 0. The van der Waals surface area contributed by atoms with E-state index in [-0.39, 0.29) is 24.3 Å². The highest BCUT2D eigenvalue weighted by molar-refractivity contribution is 6.09. The maximum atomic E-state index is 12.9. The van der Waals surface area contributed by atoms with E-state index in [0.29, 0.717) is 26.0 Å². The van der Waals surface area contributed by atoms with Gasteiger partial charge in [0.25, 0.3) is 5.91 Å². The van der Waals surface area contributed by atoms with Gasteiger partial charge in [-0.2, -0.15) is 0 Å². The number of urea groups is 1. The first kappa shape index (κ1) is 22.1. The molecule has 0 radical (unpaired) electrons. The van der Waals surface area contributed by atoms with Gasteiger partial charge in [-0.05, 0) is 68.7 Å². The molecule has 1 saturated heterocycles. The van der Waals surface area contributed by atoms with Crippen molar-refractivity contribution in [3.63, 3.8) is 0 Å². The monoisotopic (exact) mass is 415 g/mol. The summed E-state index contributed by atoms with van der Waals surface area (Å²) in [6, 6.07) is 3.68. The molecule has 0 unspecified atom stereocenters. The quantitative estimate of drug-likeness (QED) is 0.529. The van der Waals surface area contributed by atoms with Crippen molar-refractivity contribution in [2.24, 2.45) is 5.92 Å². The number of carbonyl (C=O) groups is 3. The number of imide groups is 1. The third-order valence-electron chi connectivity index (χ3n) is 6.47. The number of hydrogen-bond donors (Lipinski definition) is 2. The third kappa shape index (κ3) is 4.45. The molecule has 2 aliphatic rings. The fourth-order valence-electron chi connectivity index (χ4n) is 4.47. The second-order valence-electron chi connectivity index (χ2n) is 8.70. The minimum atomic E-state index is -0.826. The number of amides is 4. The van der Waals surface area contributed by atoms with Crippen LogP contribution in [0.3, 0.4) is 0 Å². The van der Waals surface area contributed by atoms with Gasteiger partial charge in [0.05, 0.1) is 6.61 Å². The molecule has 7 heteroatoms. The molecule has 1 spiro atoms. The number of benzene rings is 1. The van der Waals surface area contributed by atoms with E-state index in [0.717, 1.165) is 41.0 Å². The third-order valence-corrected chi connectivity index (χ3v) is 6.47. The Morgan fingerprint density at radius 3 is 2.77 bits per heavy atom. The average Bonchev–Trinajstić information content (AvgIpc) is 2.92. The summed E-state index contributed by atoms with van der Waals surface area (Å²) in [5.74, 6) is 0.358. The van der Waals surface area contributed by atoms with Crippen LogP contribution in [0.15, 0.2) is 12.1 Å². The Morgan fingerprint density at radius 1 is 1.27 bits per heavy atom. The van der Waals surface area contributed by atoms with Crippen LogP contribution in [-0.2, 0) is 9.59 Å². The molecule has 1 aliphatic heterocycles. The Morgan fingerprint density at radius 2 is 2.03 bits per heavy atom. The van der Waals surface area contributed by atoms with E-state index in [1.165, 1.54) is 5.56 Å². The van der Waals surface area contributed by atoms with Gasteiger partial charge >= 0.3 is 6.03 Å². The molecule has 1 heterocycles. The van der Waals surface area contributed by atoms with Crippen molar-refractivity contribution in [2.45, 2.75) is 65.3 Å². The fourth-order valence-corrected chi connectivity index (χ4v) is 4.47. The molecule has 2 atom stereocenters. The van der Waals surface area contributed by atoms with Gasteiger partial charge < -0.3 is 15.4 Å². The molecule has 0 bridgehead atoms. The lowest BCUT2D eigenvalue weighted by atomic mass is 9.73. The summed E-state index contributed by atoms with van der Waals surface area (Å²) in [6.07, 6.45) is 4.17. The van der Waals surface area contributed by atoms with E-state index in [2.05, 4.69) is 23.6 Å². The van der Waals surface area contributed by atoms with Crippen molar-refractivity contribution < 1.29 is 19.1 Å². The Hall–Kier alpha value is -2.57. The number of hydrogen-bond acceptors (Lipinski definition) is 4. The molecule has 1 saturated carbocycles. The topological polar surface area (TPSA) is 87.7 Å². The van der Waals surface area contributed by atoms with Gasteiger partial charge in [-0.25, -0.2) is 4.79 Å². The summed E-state index contributed by atoms with van der Waals surface area (Å²) in [4.78, 5) is 38.6. The van der Waals surface area contributed by atoms with Crippen LogP contribution in [0.5, 0.6) is 5.75 Å². The Labute approximate surface area is 178 Å². The van der Waals surface area contributed by atoms with Crippen molar-refractivity contribution in [3.05, 3.63) is 28.8 Å². The number of ether oxygens (including phenoxy) is 1. The Bertz CT molecular complexity index is 838. The van der Waals surface area contributed by atoms with Crippen LogP contribution < -0.4 is 15.4 Å². The summed E-state index contributed by atoms with van der Waals surface area (Å²) < 4.78 is 5.85. The van der Waals surface area contributed by atoms with E-state index < -0.39 is 11.6 Å². The van der Waals surface area contributed by atoms with Gasteiger partial charge in [0.2, 0.25) is 5.91 Å². The van der Waals surface area contributed by atoms with Crippen LogP contribution in [0.4, 0.5) is 4.79 Å². The molecule has 4 amide bonds. The molecular formula is C23H33N3O4. The predicted molar refractivity (Wildman–Crippen MR) is 114 cm³/mol. The van der Waals surface area contributed by atoms with Crippen LogP contribution in [0.1, 0.15) is 55.7 Å². The van der Waals surface area contributed by atoms with Gasteiger partial charge in [0.15, 0.2) is 0 Å². The molecule has 0 aromatic heterocycles. The minimum Gasteiger partial charge on any atom is -0.493 e. The van der Waals surface area contributed by atoms with Gasteiger partial charge in [-0.1, -0.05) is 25.8 Å². The zero-order chi connectivity index (χ0) is 21.9. The number of carbonyl (C=O) groups excluding carboxylic acids is 3. The van der Waals surface area contributed by atoms with E-state index in [4.69, 9.17) is 4.74 Å². The highest BCUT2D eigenvalue weighted by Gasteiger charge is 2.55. The molecule has 1 aromatic carbocycles. The summed E-state index contributed by atoms with van der Waals surface area (Å²) in [5.41, 5.74) is 2.64. The van der Waals surface area contributed by atoms with Crippen molar-refractivity contribution in [1.29, 1.82) is 0 Å². The molecule has 3 rings (SSSR count). The van der Waals surface area contributed by atoms with Crippen LogP contribution in [0.2, 0.25) is 0 Å². The van der Waals surface area contributed by atoms with Crippen molar-refractivity contribution in [2.75, 3.05) is 19.7 Å². The Balaban J connectivity index is 1.44. The number of rotatable bonds is 7. The standard InChI is InChI=1S/C23H33N3O4/c1-15-12-16(2)18(4)19(13-15)30-11-7-10-24-20(27)14-26-21(28)23(25-22(26)29)9-6-5-8-17(23)3/h12-13,17H,5-11,14H2,1-4H3,(H,24,27)(H,25,29)/t17-,23-/m1/s1. The van der Waals surface area contributed by atoms with Crippen molar-refractivity contribution in [1.82, 2.24) is 15.5 Å². The number of nitrogens with one attached hydrogen (secondary N) is 2. The minimum absolute atomic E-state index is 0.0848. The van der Waals surface area contributed by atoms with E-state index in [1.807, 2.05) is 26.8 Å². The first-order chi connectivity index (χ1) is 14.2. The lowest BCUT2D eigenvalue weighted by Crippen LogP contribution is -2.54. The molecule has 7 nitrogen and oxygen atoms in total. The average molecular weight is 416 g/mol. The van der Waals surface area contributed by atoms with Gasteiger partial charge in [0.1, 0.15) is 17.8 Å². The maximum Gasteiger partial charge on any atom is 0.325 e. The predicted octanol–water partition coefficient (Wildman–Crippen LogP) is 3.00. The van der Waals surface area contributed by atoms with E-state index >= 15 is 0 Å². The van der Waals surface area contributed by atoms with Crippen molar-refractivity contribution in [3.8, 4) is 5.75 Å². The molecule has 164 valence electrons. The van der Waals surface area contributed by atoms with Crippen LogP contribution in [-0.4, -0.2) is 48.0 Å². The second kappa shape index (κ2) is 9.06. The maximum absolute atomic E-state index is 12.9. The van der Waals surface area contributed by atoms with Crippen LogP contribution >= 0.6 is 0 Å². The van der Waals surface area contributed by atoms with Gasteiger partial charge in [-0.3, -0.25) is 14.5 Å². The van der Waals surface area contributed by atoms with Crippen molar-refractivity contribution >= 4 is 17.8 Å². The highest BCUT2D eigenvalue weighted by Crippen LogP contribution is 2.38. The lowest BCUT2D eigenvalue weighted by molar-refractivity contribution is -0.137. The smallest absolute Gasteiger partial charge is 0.325 e. The second-order valence-corrected chi connectivity index (χ2v) is 8.70. The van der Waals surface area contributed by atoms with Gasteiger partial charge in [-0.15, -0.1) is 0 Å². The fraction of sp³-hybridized carbons (Fsp3) is 0.609. The zero-order valence-electron chi connectivity index (χ0n) is 18.5. The molecule has 2 fully saturated rings. The van der Waals surface area contributed by atoms with E-state index in [1.54, 1.807) is 0 Å². The Kier molecular flexibility index (Phi) is 6.68. The molecule has 2 N–H and O–H groups in total. The molecule has 30 heavy (non-hydrogen) atoms.